The van der Waals surface area contributed by atoms with E-state index in [4.69, 9.17) is 5.73 Å². The van der Waals surface area contributed by atoms with Gasteiger partial charge in [0.05, 0.1) is 11.0 Å². The first kappa shape index (κ1) is 15.9. The van der Waals surface area contributed by atoms with Crippen LogP contribution < -0.4 is 10.5 Å². The number of nitrogens with two attached hydrogens (primary N) is 1. The summed E-state index contributed by atoms with van der Waals surface area (Å²) in [6, 6.07) is 6.08. The highest BCUT2D eigenvalue weighted by molar-refractivity contribution is 7.89. The number of sulfonamides is 1. The zero-order valence-electron chi connectivity index (χ0n) is 11.3. The van der Waals surface area contributed by atoms with Gasteiger partial charge in [-0.1, -0.05) is 32.8 Å². The third kappa shape index (κ3) is 4.49. The molecule has 0 amide bonds. The van der Waals surface area contributed by atoms with Crippen LogP contribution in [0.25, 0.3) is 0 Å². The largest absolute Gasteiger partial charge is 0.399 e. The molecule has 0 aliphatic heterocycles. The quantitative estimate of drug-likeness (QED) is 0.660. The Bertz CT molecular complexity index is 498. The van der Waals surface area contributed by atoms with Crippen LogP contribution in [0.4, 0.5) is 5.69 Å². The number of aliphatic hydroxyl groups excluding tert-OH is 1. The van der Waals surface area contributed by atoms with Gasteiger partial charge in [-0.05, 0) is 24.1 Å². The van der Waals surface area contributed by atoms with Crippen molar-refractivity contribution in [2.24, 2.45) is 5.92 Å². The molecule has 0 heterocycles. The molecule has 0 fully saturated rings. The van der Waals surface area contributed by atoms with Crippen LogP contribution >= 0.6 is 0 Å². The smallest absolute Gasteiger partial charge is 0.240 e. The SMILES string of the molecule is CCC(CC)C(O)CNS(=O)(=O)c1cccc(N)c1. The molecule has 1 aromatic carbocycles. The lowest BCUT2D eigenvalue weighted by Crippen LogP contribution is -2.36. The van der Waals surface area contributed by atoms with Gasteiger partial charge in [0.1, 0.15) is 0 Å². The molecule has 5 nitrogen and oxygen atoms in total. The van der Waals surface area contributed by atoms with E-state index in [-0.39, 0.29) is 17.4 Å². The summed E-state index contributed by atoms with van der Waals surface area (Å²) in [5.74, 6) is 0.101. The molecule has 108 valence electrons. The first-order valence-corrected chi connectivity index (χ1v) is 7.92. The lowest BCUT2D eigenvalue weighted by atomic mass is 9.97. The molecule has 0 saturated heterocycles. The summed E-state index contributed by atoms with van der Waals surface area (Å²) < 4.78 is 26.4. The van der Waals surface area contributed by atoms with Gasteiger partial charge in [0.2, 0.25) is 10.0 Å². The minimum Gasteiger partial charge on any atom is -0.399 e. The van der Waals surface area contributed by atoms with Crippen LogP contribution in [0, 0.1) is 5.92 Å². The zero-order valence-corrected chi connectivity index (χ0v) is 12.2. The number of hydrogen-bond acceptors (Lipinski definition) is 4. The van der Waals surface area contributed by atoms with E-state index in [1.165, 1.54) is 12.1 Å². The molecule has 0 aliphatic rings. The van der Waals surface area contributed by atoms with Crippen LogP contribution in [-0.4, -0.2) is 26.2 Å². The molecule has 1 rings (SSSR count). The van der Waals surface area contributed by atoms with Gasteiger partial charge in [0.25, 0.3) is 0 Å². The Morgan fingerprint density at radius 2 is 1.95 bits per heavy atom. The number of hydrogen-bond donors (Lipinski definition) is 3. The minimum absolute atomic E-state index is 0.0173. The van der Waals surface area contributed by atoms with Gasteiger partial charge in [0, 0.05) is 12.2 Å². The first-order chi connectivity index (χ1) is 8.90. The number of nitrogen functional groups attached to an aromatic ring is 1. The summed E-state index contributed by atoms with van der Waals surface area (Å²) in [5, 5.41) is 9.92. The predicted octanol–water partition coefficient (Wildman–Crippen LogP) is 1.34. The summed E-state index contributed by atoms with van der Waals surface area (Å²) in [6.45, 7) is 3.97. The van der Waals surface area contributed by atoms with Crippen molar-refractivity contribution in [1.82, 2.24) is 4.72 Å². The van der Waals surface area contributed by atoms with Crippen molar-refractivity contribution in [2.45, 2.75) is 37.7 Å². The molecule has 6 heteroatoms. The molecule has 4 N–H and O–H groups in total. The van der Waals surface area contributed by atoms with Gasteiger partial charge in [-0.3, -0.25) is 0 Å². The number of nitrogens with one attached hydrogen (secondary N) is 1. The van der Waals surface area contributed by atoms with Crippen molar-refractivity contribution in [2.75, 3.05) is 12.3 Å². The highest BCUT2D eigenvalue weighted by Gasteiger charge is 2.20. The van der Waals surface area contributed by atoms with Gasteiger partial charge in [-0.2, -0.15) is 0 Å². The highest BCUT2D eigenvalue weighted by atomic mass is 32.2. The molecule has 1 atom stereocenters. The zero-order chi connectivity index (χ0) is 14.5. The van der Waals surface area contributed by atoms with Crippen molar-refractivity contribution >= 4 is 15.7 Å². The fraction of sp³-hybridized carbons (Fsp3) is 0.538. The van der Waals surface area contributed by atoms with E-state index in [1.807, 2.05) is 13.8 Å². The normalized spacial score (nSPS) is 13.7. The van der Waals surface area contributed by atoms with Crippen LogP contribution in [0.15, 0.2) is 29.2 Å². The second-order valence-corrected chi connectivity index (χ2v) is 6.34. The van der Waals surface area contributed by atoms with Crippen molar-refractivity contribution in [3.05, 3.63) is 24.3 Å². The average Bonchev–Trinajstić information content (AvgIpc) is 2.38. The van der Waals surface area contributed by atoms with Gasteiger partial charge < -0.3 is 10.8 Å². The van der Waals surface area contributed by atoms with Crippen LogP contribution in [0.5, 0.6) is 0 Å². The van der Waals surface area contributed by atoms with Gasteiger partial charge in [0.15, 0.2) is 0 Å². The van der Waals surface area contributed by atoms with Crippen molar-refractivity contribution in [3.63, 3.8) is 0 Å². The molecule has 19 heavy (non-hydrogen) atoms. The summed E-state index contributed by atoms with van der Waals surface area (Å²) in [7, 11) is -3.62. The Labute approximate surface area is 114 Å². The van der Waals surface area contributed by atoms with Crippen LogP contribution in [0.3, 0.4) is 0 Å². The summed E-state index contributed by atoms with van der Waals surface area (Å²) in [5.41, 5.74) is 5.95. The van der Waals surface area contributed by atoms with E-state index >= 15 is 0 Å². The average molecular weight is 286 g/mol. The monoisotopic (exact) mass is 286 g/mol. The van der Waals surface area contributed by atoms with E-state index < -0.39 is 16.1 Å². The molecule has 0 aliphatic carbocycles. The Morgan fingerprint density at radius 1 is 1.32 bits per heavy atom. The fourth-order valence-electron chi connectivity index (χ4n) is 1.96. The predicted molar refractivity (Wildman–Crippen MR) is 76.1 cm³/mol. The first-order valence-electron chi connectivity index (χ1n) is 6.44. The molecule has 0 saturated carbocycles. The van der Waals surface area contributed by atoms with Crippen molar-refractivity contribution < 1.29 is 13.5 Å². The molecule has 1 aromatic rings. The maximum atomic E-state index is 12.0. The maximum Gasteiger partial charge on any atom is 0.240 e. The molecular formula is C13H22N2O3S. The molecule has 1 unspecified atom stereocenters. The van der Waals surface area contributed by atoms with E-state index in [0.29, 0.717) is 5.69 Å². The Balaban J connectivity index is 2.71. The second kappa shape index (κ2) is 6.88. The van der Waals surface area contributed by atoms with Crippen LogP contribution in [0.2, 0.25) is 0 Å². The number of benzene rings is 1. The fourth-order valence-corrected chi connectivity index (χ4v) is 3.07. The van der Waals surface area contributed by atoms with E-state index in [1.54, 1.807) is 12.1 Å². The summed E-state index contributed by atoms with van der Waals surface area (Å²) in [4.78, 5) is 0.115. The molecule has 0 bridgehead atoms. The third-order valence-electron chi connectivity index (χ3n) is 3.24. The van der Waals surface area contributed by atoms with Crippen molar-refractivity contribution in [1.29, 1.82) is 0 Å². The van der Waals surface area contributed by atoms with Gasteiger partial charge in [-0.25, -0.2) is 13.1 Å². The Hall–Kier alpha value is -1.11. The molecule has 0 spiro atoms. The topological polar surface area (TPSA) is 92.4 Å². The van der Waals surface area contributed by atoms with E-state index in [0.717, 1.165) is 12.8 Å². The second-order valence-electron chi connectivity index (χ2n) is 4.57. The minimum atomic E-state index is -3.62. The van der Waals surface area contributed by atoms with Crippen LogP contribution in [0.1, 0.15) is 26.7 Å². The number of aliphatic hydroxyl groups is 1. The van der Waals surface area contributed by atoms with Gasteiger partial charge in [-0.15, -0.1) is 0 Å². The Morgan fingerprint density at radius 3 is 2.47 bits per heavy atom. The van der Waals surface area contributed by atoms with Crippen molar-refractivity contribution in [3.8, 4) is 0 Å². The van der Waals surface area contributed by atoms with E-state index in [2.05, 4.69) is 4.72 Å². The molecular weight excluding hydrogens is 264 g/mol. The lowest BCUT2D eigenvalue weighted by Gasteiger charge is -2.20. The van der Waals surface area contributed by atoms with E-state index in [9.17, 15) is 13.5 Å². The van der Waals surface area contributed by atoms with Gasteiger partial charge >= 0.3 is 0 Å². The van der Waals surface area contributed by atoms with Crippen LogP contribution in [-0.2, 0) is 10.0 Å². The third-order valence-corrected chi connectivity index (χ3v) is 4.67. The lowest BCUT2D eigenvalue weighted by molar-refractivity contribution is 0.107. The highest BCUT2D eigenvalue weighted by Crippen LogP contribution is 2.15. The summed E-state index contributed by atoms with van der Waals surface area (Å²) >= 11 is 0. The maximum absolute atomic E-state index is 12.0. The number of anilines is 1. The molecule has 0 radical (unpaired) electrons. The standard InChI is InChI=1S/C13H22N2O3S/c1-3-10(4-2)13(16)9-15-19(17,18)12-7-5-6-11(14)8-12/h5-8,10,13,15-16H,3-4,9,14H2,1-2H3. The Kier molecular flexibility index (Phi) is 5.78. The molecule has 0 aromatic heterocycles. The summed E-state index contributed by atoms with van der Waals surface area (Å²) in [6.07, 6.45) is 0.959. The number of rotatable bonds is 7.